The van der Waals surface area contributed by atoms with E-state index in [4.69, 9.17) is 0 Å². The molecule has 4 nitrogen and oxygen atoms in total. The van der Waals surface area contributed by atoms with Crippen molar-refractivity contribution >= 4 is 23.1 Å². The number of rotatable bonds is 5. The van der Waals surface area contributed by atoms with Crippen molar-refractivity contribution < 1.29 is 0 Å². The van der Waals surface area contributed by atoms with Crippen LogP contribution in [0.25, 0.3) is 0 Å². The molecule has 6 heteroatoms. The minimum absolute atomic E-state index is 0.290. The van der Waals surface area contributed by atoms with Gasteiger partial charge in [-0.25, -0.2) is 0 Å². The van der Waals surface area contributed by atoms with Crippen LogP contribution in [0.15, 0.2) is 9.85 Å². The van der Waals surface area contributed by atoms with E-state index in [0.717, 1.165) is 35.8 Å². The lowest BCUT2D eigenvalue weighted by Crippen LogP contribution is -2.44. The Hall–Kier alpha value is -0.640. The van der Waals surface area contributed by atoms with E-state index in [9.17, 15) is 5.26 Å². The Bertz CT molecular complexity index is 387. The number of nitrogens with one attached hydrogen (secondary N) is 1. The normalized spacial score (nSPS) is 28.1. The average Bonchev–Trinajstić information content (AvgIpc) is 2.99. The Morgan fingerprint density at radius 1 is 1.76 bits per heavy atom. The highest BCUT2D eigenvalue weighted by Gasteiger charge is 2.41. The fourth-order valence-electron chi connectivity index (χ4n) is 2.52. The molecule has 1 aromatic rings. The molecule has 1 saturated carbocycles. The zero-order valence-corrected chi connectivity index (χ0v) is 11.5. The molecule has 92 valence electrons. The summed E-state index contributed by atoms with van der Waals surface area (Å²) in [5.41, 5.74) is 1.47. The van der Waals surface area contributed by atoms with E-state index in [2.05, 4.69) is 21.6 Å². The van der Waals surface area contributed by atoms with Crippen LogP contribution in [0.5, 0.6) is 0 Å². The summed E-state index contributed by atoms with van der Waals surface area (Å²) in [4.78, 5) is 0. The van der Waals surface area contributed by atoms with Crippen molar-refractivity contribution in [3.05, 3.63) is 5.51 Å². The first-order valence-corrected chi connectivity index (χ1v) is 7.66. The van der Waals surface area contributed by atoms with Gasteiger partial charge >= 0.3 is 0 Å². The third-order valence-electron chi connectivity index (χ3n) is 3.50. The highest BCUT2D eigenvalue weighted by Crippen LogP contribution is 2.38. The molecule has 0 radical (unpaired) electrons. The van der Waals surface area contributed by atoms with Gasteiger partial charge < -0.3 is 5.32 Å². The Kier molecular flexibility index (Phi) is 4.37. The number of nitrogens with zero attached hydrogens (tertiary/aromatic N) is 3. The molecule has 1 heterocycles. The maximum absolute atomic E-state index is 9.33. The molecule has 0 aliphatic heterocycles. The average molecular weight is 268 g/mol. The Morgan fingerprint density at radius 3 is 3.29 bits per heavy atom. The van der Waals surface area contributed by atoms with E-state index in [1.807, 2.05) is 7.05 Å². The number of hydrogen-bond donors (Lipinski definition) is 1. The van der Waals surface area contributed by atoms with Gasteiger partial charge in [0.05, 0.1) is 6.07 Å². The first-order valence-electron chi connectivity index (χ1n) is 5.80. The zero-order valence-electron chi connectivity index (χ0n) is 9.85. The summed E-state index contributed by atoms with van der Waals surface area (Å²) in [6.07, 6.45) is 4.36. The minimum Gasteiger partial charge on any atom is -0.302 e. The molecule has 17 heavy (non-hydrogen) atoms. The first-order chi connectivity index (χ1) is 8.30. The predicted octanol–water partition coefficient (Wildman–Crippen LogP) is 2.30. The van der Waals surface area contributed by atoms with E-state index in [1.165, 1.54) is 0 Å². The highest BCUT2D eigenvalue weighted by molar-refractivity contribution is 8.00. The molecule has 1 aromatic heterocycles. The van der Waals surface area contributed by atoms with Gasteiger partial charge in [0, 0.05) is 5.75 Å². The highest BCUT2D eigenvalue weighted by atomic mass is 32.2. The van der Waals surface area contributed by atoms with Crippen molar-refractivity contribution in [2.24, 2.45) is 5.92 Å². The van der Waals surface area contributed by atoms with Crippen molar-refractivity contribution in [2.75, 3.05) is 12.8 Å². The fourth-order valence-corrected chi connectivity index (χ4v) is 4.13. The molecule has 0 aromatic carbocycles. The summed E-state index contributed by atoms with van der Waals surface area (Å²) in [6.45, 7) is 0. The fraction of sp³-hybridized carbons (Fsp3) is 0.727. The van der Waals surface area contributed by atoms with Gasteiger partial charge in [0.25, 0.3) is 0 Å². The molecule has 0 bridgehead atoms. The van der Waals surface area contributed by atoms with Crippen molar-refractivity contribution in [2.45, 2.75) is 35.6 Å². The van der Waals surface area contributed by atoms with Crippen LogP contribution in [0.3, 0.4) is 0 Å². The van der Waals surface area contributed by atoms with Crippen molar-refractivity contribution in [1.82, 2.24) is 15.5 Å². The van der Waals surface area contributed by atoms with Crippen LogP contribution in [-0.4, -0.2) is 28.5 Å². The minimum atomic E-state index is -0.290. The van der Waals surface area contributed by atoms with E-state index in [-0.39, 0.29) is 5.54 Å². The molecule has 1 aliphatic carbocycles. The molecule has 2 rings (SSSR count). The molecule has 1 N–H and O–H groups in total. The number of aromatic nitrogens is 2. The summed E-state index contributed by atoms with van der Waals surface area (Å²) in [5.74, 6) is 1.49. The number of hydrogen-bond acceptors (Lipinski definition) is 6. The monoisotopic (exact) mass is 268 g/mol. The van der Waals surface area contributed by atoms with E-state index < -0.39 is 0 Å². The SMILES string of the molecule is CNC1(C#N)CCCC1CCSc1nncs1. The smallest absolute Gasteiger partial charge is 0.174 e. The van der Waals surface area contributed by atoms with Gasteiger partial charge in [0.15, 0.2) is 4.34 Å². The van der Waals surface area contributed by atoms with Gasteiger partial charge in [-0.2, -0.15) is 5.26 Å². The maximum Gasteiger partial charge on any atom is 0.174 e. The van der Waals surface area contributed by atoms with Gasteiger partial charge in [-0.1, -0.05) is 29.5 Å². The maximum atomic E-state index is 9.33. The van der Waals surface area contributed by atoms with Crippen LogP contribution in [0, 0.1) is 17.2 Å². The summed E-state index contributed by atoms with van der Waals surface area (Å²) in [5, 5.41) is 20.4. The number of nitriles is 1. The van der Waals surface area contributed by atoms with Crippen LogP contribution in [-0.2, 0) is 0 Å². The number of thioether (sulfide) groups is 1. The topological polar surface area (TPSA) is 61.6 Å². The van der Waals surface area contributed by atoms with Gasteiger partial charge in [-0.15, -0.1) is 10.2 Å². The van der Waals surface area contributed by atoms with E-state index in [1.54, 1.807) is 28.6 Å². The Labute approximate surface area is 110 Å². The third kappa shape index (κ3) is 2.79. The summed E-state index contributed by atoms with van der Waals surface area (Å²) in [7, 11) is 1.90. The quantitative estimate of drug-likeness (QED) is 0.830. The lowest BCUT2D eigenvalue weighted by molar-refractivity contribution is 0.332. The summed E-state index contributed by atoms with van der Waals surface area (Å²) in [6, 6.07) is 2.48. The van der Waals surface area contributed by atoms with Crippen LogP contribution in [0.4, 0.5) is 0 Å². The third-order valence-corrected chi connectivity index (χ3v) is 5.39. The van der Waals surface area contributed by atoms with Crippen molar-refractivity contribution in [3.8, 4) is 6.07 Å². The van der Waals surface area contributed by atoms with Gasteiger partial charge in [-0.3, -0.25) is 0 Å². The second-order valence-electron chi connectivity index (χ2n) is 4.26. The Morgan fingerprint density at radius 2 is 2.65 bits per heavy atom. The summed E-state index contributed by atoms with van der Waals surface area (Å²) < 4.78 is 1.02. The first kappa shape index (κ1) is 12.8. The predicted molar refractivity (Wildman–Crippen MR) is 70.0 cm³/mol. The molecular formula is C11H16N4S2. The van der Waals surface area contributed by atoms with Gasteiger partial charge in [0.1, 0.15) is 11.0 Å². The Balaban J connectivity index is 1.84. The molecule has 1 aliphatic rings. The standard InChI is InChI=1S/C11H16N4S2/c1-13-11(7-12)5-2-3-9(11)4-6-16-10-15-14-8-17-10/h8-9,13H,2-6H2,1H3. The van der Waals surface area contributed by atoms with E-state index in [0.29, 0.717) is 5.92 Å². The van der Waals surface area contributed by atoms with Crippen LogP contribution in [0.2, 0.25) is 0 Å². The van der Waals surface area contributed by atoms with Gasteiger partial charge in [0.2, 0.25) is 0 Å². The van der Waals surface area contributed by atoms with E-state index >= 15 is 0 Å². The van der Waals surface area contributed by atoms with Crippen LogP contribution in [0.1, 0.15) is 25.7 Å². The second kappa shape index (κ2) is 5.80. The van der Waals surface area contributed by atoms with Crippen LogP contribution >= 0.6 is 23.1 Å². The van der Waals surface area contributed by atoms with Crippen molar-refractivity contribution in [1.29, 1.82) is 5.26 Å². The second-order valence-corrected chi connectivity index (χ2v) is 6.44. The lowest BCUT2D eigenvalue weighted by atomic mass is 9.87. The van der Waals surface area contributed by atoms with Gasteiger partial charge in [-0.05, 0) is 32.2 Å². The molecule has 2 unspecified atom stereocenters. The molecule has 0 spiro atoms. The van der Waals surface area contributed by atoms with Crippen molar-refractivity contribution in [3.63, 3.8) is 0 Å². The zero-order chi connectivity index (χ0) is 12.1. The molecular weight excluding hydrogens is 252 g/mol. The molecule has 0 saturated heterocycles. The molecule has 2 atom stereocenters. The van der Waals surface area contributed by atoms with Crippen LogP contribution < -0.4 is 5.32 Å². The largest absolute Gasteiger partial charge is 0.302 e. The molecule has 1 fully saturated rings. The lowest BCUT2D eigenvalue weighted by Gasteiger charge is -2.27. The summed E-state index contributed by atoms with van der Waals surface area (Å²) >= 11 is 3.32. The molecule has 0 amide bonds.